The van der Waals surface area contributed by atoms with Gasteiger partial charge in [0.2, 0.25) is 5.91 Å². The SMILES string of the molecule is COc1ccc(CCNC(N)=NCCCNC(=O)C2CCC2)cc1OC. The molecule has 0 saturated heterocycles. The molecule has 1 amide bonds. The van der Waals surface area contributed by atoms with Crippen molar-refractivity contribution in [3.63, 3.8) is 0 Å². The maximum absolute atomic E-state index is 11.7. The third-order valence-electron chi connectivity index (χ3n) is 4.56. The minimum atomic E-state index is 0.182. The fourth-order valence-corrected chi connectivity index (χ4v) is 2.73. The molecule has 0 heterocycles. The molecular weight excluding hydrogens is 332 g/mol. The smallest absolute Gasteiger partial charge is 0.223 e. The Bertz CT molecular complexity index is 615. The molecule has 1 aliphatic carbocycles. The second-order valence-corrected chi connectivity index (χ2v) is 6.41. The molecule has 2 rings (SSSR count). The van der Waals surface area contributed by atoms with Crippen LogP contribution in [0.4, 0.5) is 0 Å². The van der Waals surface area contributed by atoms with Crippen molar-refractivity contribution in [3.05, 3.63) is 23.8 Å². The van der Waals surface area contributed by atoms with Gasteiger partial charge in [-0.05, 0) is 43.4 Å². The molecule has 0 spiro atoms. The van der Waals surface area contributed by atoms with Crippen LogP contribution in [0.3, 0.4) is 0 Å². The standard InChI is InChI=1S/C19H30N4O3/c1-25-16-8-7-14(13-17(16)26-2)9-12-23-19(20)22-11-4-10-21-18(24)15-5-3-6-15/h7-8,13,15H,3-6,9-12H2,1-2H3,(H,21,24)(H3,20,22,23). The molecule has 26 heavy (non-hydrogen) atoms. The summed E-state index contributed by atoms with van der Waals surface area (Å²) >= 11 is 0. The number of nitrogens with two attached hydrogens (primary N) is 1. The number of carbonyl (C=O) groups is 1. The molecule has 7 nitrogen and oxygen atoms in total. The molecule has 1 saturated carbocycles. The van der Waals surface area contributed by atoms with Crippen molar-refractivity contribution in [3.8, 4) is 11.5 Å². The van der Waals surface area contributed by atoms with Crippen molar-refractivity contribution in [2.45, 2.75) is 32.1 Å². The highest BCUT2D eigenvalue weighted by Gasteiger charge is 2.24. The molecule has 7 heteroatoms. The zero-order valence-electron chi connectivity index (χ0n) is 15.7. The summed E-state index contributed by atoms with van der Waals surface area (Å²) in [6.07, 6.45) is 4.82. The third-order valence-corrected chi connectivity index (χ3v) is 4.56. The normalized spacial score (nSPS) is 14.5. The molecule has 4 N–H and O–H groups in total. The summed E-state index contributed by atoms with van der Waals surface area (Å²) in [7, 11) is 3.24. The van der Waals surface area contributed by atoms with Crippen LogP contribution in [-0.2, 0) is 11.2 Å². The van der Waals surface area contributed by atoms with Crippen LogP contribution < -0.4 is 25.8 Å². The van der Waals surface area contributed by atoms with E-state index in [1.165, 1.54) is 6.42 Å². The van der Waals surface area contributed by atoms with E-state index in [0.717, 1.165) is 42.7 Å². The summed E-state index contributed by atoms with van der Waals surface area (Å²) in [5, 5.41) is 6.05. The molecule has 0 aromatic heterocycles. The summed E-state index contributed by atoms with van der Waals surface area (Å²) in [5.41, 5.74) is 6.99. The number of nitrogens with zero attached hydrogens (tertiary/aromatic N) is 1. The number of aliphatic imine (C=N–C) groups is 1. The van der Waals surface area contributed by atoms with Gasteiger partial charge in [0.05, 0.1) is 14.2 Å². The van der Waals surface area contributed by atoms with Crippen molar-refractivity contribution in [1.82, 2.24) is 10.6 Å². The van der Waals surface area contributed by atoms with E-state index in [0.29, 0.717) is 25.6 Å². The van der Waals surface area contributed by atoms with Gasteiger partial charge in [-0.15, -0.1) is 0 Å². The van der Waals surface area contributed by atoms with Gasteiger partial charge in [0.1, 0.15) is 0 Å². The Hall–Kier alpha value is -2.44. The van der Waals surface area contributed by atoms with Crippen LogP contribution in [0.5, 0.6) is 11.5 Å². The number of carbonyl (C=O) groups excluding carboxylic acids is 1. The van der Waals surface area contributed by atoms with Gasteiger partial charge in [0.15, 0.2) is 17.5 Å². The monoisotopic (exact) mass is 362 g/mol. The Balaban J connectivity index is 1.61. The van der Waals surface area contributed by atoms with Gasteiger partial charge >= 0.3 is 0 Å². The van der Waals surface area contributed by atoms with E-state index >= 15 is 0 Å². The zero-order chi connectivity index (χ0) is 18.8. The minimum absolute atomic E-state index is 0.182. The van der Waals surface area contributed by atoms with E-state index in [2.05, 4.69) is 15.6 Å². The van der Waals surface area contributed by atoms with Gasteiger partial charge in [-0.25, -0.2) is 0 Å². The lowest BCUT2D eigenvalue weighted by atomic mass is 9.85. The number of methoxy groups -OCH3 is 2. The van der Waals surface area contributed by atoms with Crippen LogP contribution in [0.2, 0.25) is 0 Å². The number of rotatable bonds is 10. The predicted molar refractivity (Wildman–Crippen MR) is 103 cm³/mol. The van der Waals surface area contributed by atoms with Crippen LogP contribution in [0, 0.1) is 5.92 Å². The van der Waals surface area contributed by atoms with Crippen LogP contribution in [0.25, 0.3) is 0 Å². The van der Waals surface area contributed by atoms with Crippen LogP contribution in [0.1, 0.15) is 31.2 Å². The van der Waals surface area contributed by atoms with E-state index in [1.54, 1.807) is 14.2 Å². The van der Waals surface area contributed by atoms with E-state index in [-0.39, 0.29) is 11.8 Å². The van der Waals surface area contributed by atoms with E-state index in [9.17, 15) is 4.79 Å². The van der Waals surface area contributed by atoms with E-state index in [4.69, 9.17) is 15.2 Å². The maximum Gasteiger partial charge on any atom is 0.223 e. The number of amides is 1. The largest absolute Gasteiger partial charge is 0.493 e. The molecule has 0 radical (unpaired) electrons. The van der Waals surface area contributed by atoms with Gasteiger partial charge in [0.25, 0.3) is 0 Å². The molecule has 0 unspecified atom stereocenters. The molecule has 1 aliphatic rings. The fraction of sp³-hybridized carbons (Fsp3) is 0.579. The molecule has 0 aliphatic heterocycles. The van der Waals surface area contributed by atoms with Gasteiger partial charge in [-0.1, -0.05) is 12.5 Å². The first-order chi connectivity index (χ1) is 12.6. The molecule has 0 atom stereocenters. The minimum Gasteiger partial charge on any atom is -0.493 e. The summed E-state index contributed by atoms with van der Waals surface area (Å²) in [6.45, 7) is 1.93. The van der Waals surface area contributed by atoms with Crippen molar-refractivity contribution < 1.29 is 14.3 Å². The fourth-order valence-electron chi connectivity index (χ4n) is 2.73. The number of benzene rings is 1. The second kappa shape index (κ2) is 10.5. The van der Waals surface area contributed by atoms with Crippen molar-refractivity contribution in [2.24, 2.45) is 16.6 Å². The van der Waals surface area contributed by atoms with Crippen molar-refractivity contribution in [1.29, 1.82) is 0 Å². The topological polar surface area (TPSA) is 98.0 Å². The first-order valence-electron chi connectivity index (χ1n) is 9.16. The maximum atomic E-state index is 11.7. The molecular formula is C19H30N4O3. The lowest BCUT2D eigenvalue weighted by Crippen LogP contribution is -2.35. The highest BCUT2D eigenvalue weighted by Crippen LogP contribution is 2.27. The predicted octanol–water partition coefficient (Wildman–Crippen LogP) is 1.46. The van der Waals surface area contributed by atoms with E-state index in [1.807, 2.05) is 18.2 Å². The van der Waals surface area contributed by atoms with Crippen LogP contribution >= 0.6 is 0 Å². The quantitative estimate of drug-likeness (QED) is 0.332. The summed E-state index contributed by atoms with van der Waals surface area (Å²) in [5.74, 6) is 2.28. The average Bonchev–Trinajstić information content (AvgIpc) is 2.59. The average molecular weight is 362 g/mol. The third kappa shape index (κ3) is 6.13. The number of hydrogen-bond donors (Lipinski definition) is 3. The van der Waals surface area contributed by atoms with E-state index < -0.39 is 0 Å². The lowest BCUT2D eigenvalue weighted by Gasteiger charge is -2.23. The number of hydrogen-bond acceptors (Lipinski definition) is 4. The summed E-state index contributed by atoms with van der Waals surface area (Å²) < 4.78 is 10.5. The first kappa shape index (κ1) is 19.9. The Morgan fingerprint density at radius 2 is 1.96 bits per heavy atom. The number of guanidine groups is 1. The Labute approximate surface area is 155 Å². The molecule has 1 aromatic rings. The first-order valence-corrected chi connectivity index (χ1v) is 9.16. The highest BCUT2D eigenvalue weighted by atomic mass is 16.5. The van der Waals surface area contributed by atoms with Crippen LogP contribution in [-0.4, -0.2) is 45.7 Å². The zero-order valence-corrected chi connectivity index (χ0v) is 15.7. The Kier molecular flexibility index (Phi) is 8.05. The number of nitrogens with one attached hydrogen (secondary N) is 2. The molecule has 1 aromatic carbocycles. The lowest BCUT2D eigenvalue weighted by molar-refractivity contribution is -0.127. The molecule has 1 fully saturated rings. The van der Waals surface area contributed by atoms with Crippen molar-refractivity contribution in [2.75, 3.05) is 33.9 Å². The molecule has 144 valence electrons. The van der Waals surface area contributed by atoms with Gasteiger partial charge < -0.3 is 25.8 Å². The number of ether oxygens (including phenoxy) is 2. The van der Waals surface area contributed by atoms with Gasteiger partial charge in [0, 0.05) is 25.6 Å². The highest BCUT2D eigenvalue weighted by molar-refractivity contribution is 5.79. The second-order valence-electron chi connectivity index (χ2n) is 6.41. The summed E-state index contributed by atoms with van der Waals surface area (Å²) in [4.78, 5) is 16.0. The summed E-state index contributed by atoms with van der Waals surface area (Å²) in [6, 6.07) is 5.85. The Morgan fingerprint density at radius 1 is 1.19 bits per heavy atom. The Morgan fingerprint density at radius 3 is 2.62 bits per heavy atom. The van der Waals surface area contributed by atoms with Gasteiger partial charge in [-0.3, -0.25) is 9.79 Å². The van der Waals surface area contributed by atoms with Crippen molar-refractivity contribution >= 4 is 11.9 Å². The molecule has 0 bridgehead atoms. The van der Waals surface area contributed by atoms with Crippen LogP contribution in [0.15, 0.2) is 23.2 Å². The van der Waals surface area contributed by atoms with Gasteiger partial charge in [-0.2, -0.15) is 0 Å².